The Labute approximate surface area is 121 Å². The minimum Gasteiger partial charge on any atom is -0.473 e. The summed E-state index contributed by atoms with van der Waals surface area (Å²) in [6, 6.07) is 4.66. The molecule has 0 bridgehead atoms. The third-order valence-corrected chi connectivity index (χ3v) is 3.33. The van der Waals surface area contributed by atoms with Gasteiger partial charge in [-0.25, -0.2) is 4.39 Å². The molecule has 0 aliphatic rings. The van der Waals surface area contributed by atoms with Crippen molar-refractivity contribution in [2.24, 2.45) is 0 Å². The number of hydrogen-bond donors (Lipinski definition) is 2. The van der Waals surface area contributed by atoms with Crippen LogP contribution in [0.15, 0.2) is 28.9 Å². The number of aliphatic hydroxyl groups is 1. The maximum absolute atomic E-state index is 13.2. The Morgan fingerprint density at radius 3 is 3.05 bits per heavy atom. The van der Waals surface area contributed by atoms with E-state index in [1.165, 1.54) is 12.3 Å². The van der Waals surface area contributed by atoms with Gasteiger partial charge in [-0.2, -0.15) is 4.37 Å². The molecule has 19 heavy (non-hydrogen) atoms. The molecule has 2 aromatic rings. The van der Waals surface area contributed by atoms with E-state index in [0.717, 1.165) is 11.7 Å². The molecule has 0 aliphatic carbocycles. The Morgan fingerprint density at radius 1 is 1.53 bits per heavy atom. The van der Waals surface area contributed by atoms with Crippen LogP contribution in [0, 0.1) is 5.82 Å². The van der Waals surface area contributed by atoms with Crippen LogP contribution in [0.2, 0.25) is 0 Å². The zero-order valence-corrected chi connectivity index (χ0v) is 12.1. The van der Waals surface area contributed by atoms with Crippen molar-refractivity contribution in [1.29, 1.82) is 0 Å². The van der Waals surface area contributed by atoms with Crippen LogP contribution in [0.5, 0.6) is 5.88 Å². The van der Waals surface area contributed by atoms with Crippen LogP contribution in [0.4, 0.5) is 10.1 Å². The molecule has 1 aromatic carbocycles. The van der Waals surface area contributed by atoms with E-state index in [1.54, 1.807) is 12.1 Å². The summed E-state index contributed by atoms with van der Waals surface area (Å²) in [5.74, 6) is 0.0306. The average Bonchev–Trinajstić information content (AvgIpc) is 2.91. The molecule has 0 saturated carbocycles. The quantitative estimate of drug-likeness (QED) is 0.839. The van der Waals surface area contributed by atoms with Crippen molar-refractivity contribution >= 4 is 33.3 Å². The normalized spacial score (nSPS) is 12.2. The molecule has 2 N–H and O–H groups in total. The minimum atomic E-state index is -0.728. The van der Waals surface area contributed by atoms with Crippen molar-refractivity contribution in [3.63, 3.8) is 0 Å². The number of nitrogens with zero attached hydrogens (tertiary/aromatic N) is 2. The third kappa shape index (κ3) is 4.41. The van der Waals surface area contributed by atoms with E-state index < -0.39 is 6.10 Å². The summed E-state index contributed by atoms with van der Waals surface area (Å²) < 4.78 is 26.5. The topological polar surface area (TPSA) is 67.3 Å². The highest BCUT2D eigenvalue weighted by Gasteiger charge is 2.07. The average molecular weight is 348 g/mol. The molecular weight excluding hydrogens is 337 g/mol. The number of nitrogens with one attached hydrogen (secondary N) is 1. The van der Waals surface area contributed by atoms with Gasteiger partial charge < -0.3 is 15.2 Å². The van der Waals surface area contributed by atoms with E-state index >= 15 is 0 Å². The van der Waals surface area contributed by atoms with Crippen molar-refractivity contribution in [2.45, 2.75) is 6.10 Å². The zero-order chi connectivity index (χ0) is 13.7. The lowest BCUT2D eigenvalue weighted by Gasteiger charge is -2.13. The highest BCUT2D eigenvalue weighted by molar-refractivity contribution is 9.10. The van der Waals surface area contributed by atoms with Crippen molar-refractivity contribution in [3.8, 4) is 5.88 Å². The molecule has 0 saturated heterocycles. The Morgan fingerprint density at radius 2 is 2.37 bits per heavy atom. The predicted molar refractivity (Wildman–Crippen MR) is 74.0 cm³/mol. The fraction of sp³-hybridized carbons (Fsp3) is 0.273. The van der Waals surface area contributed by atoms with E-state index in [9.17, 15) is 9.50 Å². The number of benzene rings is 1. The van der Waals surface area contributed by atoms with Gasteiger partial charge in [-0.1, -0.05) is 0 Å². The molecule has 1 unspecified atom stereocenters. The summed E-state index contributed by atoms with van der Waals surface area (Å²) in [5.41, 5.74) is 0.593. The number of aliphatic hydroxyl groups excluding tert-OH is 1. The van der Waals surface area contributed by atoms with E-state index in [4.69, 9.17) is 4.74 Å². The first-order chi connectivity index (χ1) is 9.15. The fourth-order valence-corrected chi connectivity index (χ4v) is 1.91. The maximum atomic E-state index is 13.2. The van der Waals surface area contributed by atoms with Crippen molar-refractivity contribution < 1.29 is 14.2 Å². The molecule has 0 fully saturated rings. The highest BCUT2D eigenvalue weighted by atomic mass is 79.9. The number of rotatable bonds is 6. The van der Waals surface area contributed by atoms with Crippen LogP contribution in [-0.4, -0.2) is 33.1 Å². The smallest absolute Gasteiger partial charge is 0.245 e. The molecule has 0 amide bonds. The second-order valence-electron chi connectivity index (χ2n) is 3.72. The van der Waals surface area contributed by atoms with Gasteiger partial charge in [0.25, 0.3) is 0 Å². The molecule has 1 heterocycles. The van der Waals surface area contributed by atoms with E-state index in [1.807, 2.05) is 0 Å². The van der Waals surface area contributed by atoms with Crippen LogP contribution in [0.3, 0.4) is 0 Å². The maximum Gasteiger partial charge on any atom is 0.245 e. The first-order valence-electron chi connectivity index (χ1n) is 5.42. The SMILES string of the molecule is OC(CNc1ccc(Br)c(F)c1)COc1cnsn1. The summed E-state index contributed by atoms with van der Waals surface area (Å²) in [7, 11) is 0. The summed E-state index contributed by atoms with van der Waals surface area (Å²) in [6.45, 7) is 0.343. The van der Waals surface area contributed by atoms with Crippen LogP contribution >= 0.6 is 27.7 Å². The third-order valence-electron chi connectivity index (χ3n) is 2.23. The number of halogens is 2. The number of ether oxygens (including phenoxy) is 1. The monoisotopic (exact) mass is 347 g/mol. The van der Waals surface area contributed by atoms with Gasteiger partial charge in [0.2, 0.25) is 5.88 Å². The number of anilines is 1. The molecular formula is C11H11BrFN3O2S. The van der Waals surface area contributed by atoms with Gasteiger partial charge in [0, 0.05) is 12.2 Å². The Hall–Kier alpha value is -1.25. The van der Waals surface area contributed by atoms with Crippen molar-refractivity contribution in [1.82, 2.24) is 8.75 Å². The van der Waals surface area contributed by atoms with Crippen LogP contribution in [-0.2, 0) is 0 Å². The summed E-state index contributed by atoms with van der Waals surface area (Å²) in [4.78, 5) is 0. The van der Waals surface area contributed by atoms with Gasteiger partial charge in [-0.3, -0.25) is 0 Å². The van der Waals surface area contributed by atoms with Crippen LogP contribution < -0.4 is 10.1 Å². The predicted octanol–water partition coefficient (Wildman–Crippen LogP) is 2.29. The van der Waals surface area contributed by atoms with Gasteiger partial charge in [-0.05, 0) is 34.1 Å². The van der Waals surface area contributed by atoms with Crippen molar-refractivity contribution in [2.75, 3.05) is 18.5 Å². The molecule has 0 spiro atoms. The van der Waals surface area contributed by atoms with Crippen LogP contribution in [0.25, 0.3) is 0 Å². The summed E-state index contributed by atoms with van der Waals surface area (Å²) in [5, 5.41) is 12.6. The zero-order valence-electron chi connectivity index (χ0n) is 9.72. The van der Waals surface area contributed by atoms with Gasteiger partial charge >= 0.3 is 0 Å². The second-order valence-corrected chi connectivity index (χ2v) is 5.13. The van der Waals surface area contributed by atoms with E-state index in [-0.39, 0.29) is 19.0 Å². The summed E-state index contributed by atoms with van der Waals surface area (Å²) in [6.07, 6.45) is 0.753. The Balaban J connectivity index is 1.76. The largest absolute Gasteiger partial charge is 0.473 e. The molecule has 5 nitrogen and oxygen atoms in total. The lowest BCUT2D eigenvalue weighted by atomic mass is 10.3. The van der Waals surface area contributed by atoms with Crippen LogP contribution in [0.1, 0.15) is 0 Å². The summed E-state index contributed by atoms with van der Waals surface area (Å²) >= 11 is 4.11. The first-order valence-corrected chi connectivity index (χ1v) is 6.95. The lowest BCUT2D eigenvalue weighted by molar-refractivity contribution is 0.115. The van der Waals surface area contributed by atoms with Crippen molar-refractivity contribution in [3.05, 3.63) is 34.7 Å². The number of aromatic nitrogens is 2. The Bertz CT molecular complexity index is 527. The molecule has 102 valence electrons. The fourth-order valence-electron chi connectivity index (χ4n) is 1.30. The first kappa shape index (κ1) is 14.2. The highest BCUT2D eigenvalue weighted by Crippen LogP contribution is 2.19. The molecule has 2 rings (SSSR count). The molecule has 8 heteroatoms. The number of hydrogen-bond acceptors (Lipinski definition) is 6. The molecule has 0 radical (unpaired) electrons. The van der Waals surface area contributed by atoms with Gasteiger partial charge in [0.05, 0.1) is 16.2 Å². The molecule has 0 aliphatic heterocycles. The second kappa shape index (κ2) is 6.78. The standard InChI is InChI=1S/C11H11BrFN3O2S/c12-9-2-1-7(3-10(9)13)14-4-8(17)6-18-11-5-15-19-16-11/h1-3,5,8,14,17H,4,6H2. The molecule has 1 atom stereocenters. The Kier molecular flexibility index (Phi) is 5.06. The minimum absolute atomic E-state index is 0.0947. The van der Waals surface area contributed by atoms with Gasteiger partial charge in [0.15, 0.2) is 0 Å². The van der Waals surface area contributed by atoms with Gasteiger partial charge in [-0.15, -0.1) is 4.37 Å². The van der Waals surface area contributed by atoms with Gasteiger partial charge in [0.1, 0.15) is 24.7 Å². The lowest BCUT2D eigenvalue weighted by Crippen LogP contribution is -2.26. The van der Waals surface area contributed by atoms with E-state index in [0.29, 0.717) is 16.0 Å². The molecule has 1 aromatic heterocycles. The van der Waals surface area contributed by atoms with E-state index in [2.05, 4.69) is 30.0 Å².